The van der Waals surface area contributed by atoms with Gasteiger partial charge in [-0.1, -0.05) is 17.7 Å². The second-order valence-electron chi connectivity index (χ2n) is 7.24. The summed E-state index contributed by atoms with van der Waals surface area (Å²) >= 11 is 0. The zero-order valence-electron chi connectivity index (χ0n) is 17.6. The number of rotatable bonds is 7. The average Bonchev–Trinajstić information content (AvgIpc) is 2.62. The minimum absolute atomic E-state index is 0.272. The number of halogens is 6. The zero-order valence-corrected chi connectivity index (χ0v) is 18.4. The highest BCUT2D eigenvalue weighted by molar-refractivity contribution is 7.89. The van der Waals surface area contributed by atoms with Gasteiger partial charge in [-0.05, 0) is 50.1 Å². The fourth-order valence-corrected chi connectivity index (χ4v) is 5.00. The van der Waals surface area contributed by atoms with Crippen LogP contribution in [0, 0.1) is 20.8 Å². The van der Waals surface area contributed by atoms with Gasteiger partial charge in [-0.25, -0.2) is 8.42 Å². The first kappa shape index (κ1) is 25.8. The van der Waals surface area contributed by atoms with Crippen molar-refractivity contribution in [2.75, 3.05) is 19.0 Å². The van der Waals surface area contributed by atoms with E-state index in [4.69, 9.17) is 0 Å². The molecular weight excluding hydrogens is 462 g/mol. The van der Waals surface area contributed by atoms with Gasteiger partial charge in [-0.3, -0.25) is 0 Å². The van der Waals surface area contributed by atoms with E-state index in [9.17, 15) is 34.8 Å². The molecule has 178 valence electrons. The van der Waals surface area contributed by atoms with Gasteiger partial charge in [0.05, 0.1) is 17.6 Å². The maximum Gasteiger partial charge on any atom is 0.420 e. The van der Waals surface area contributed by atoms with Gasteiger partial charge < -0.3 is 10.1 Å². The van der Waals surface area contributed by atoms with Crippen LogP contribution in [0.2, 0.25) is 0 Å². The molecular formula is C20H22F6N2O3S. The predicted octanol–water partition coefficient (Wildman–Crippen LogP) is 4.96. The Labute approximate surface area is 181 Å². The molecule has 0 aliphatic carbocycles. The van der Waals surface area contributed by atoms with Crippen LogP contribution in [0.15, 0.2) is 35.2 Å². The summed E-state index contributed by atoms with van der Waals surface area (Å²) in [6.45, 7) is 3.61. The molecule has 2 aromatic carbocycles. The number of sulfonamides is 1. The van der Waals surface area contributed by atoms with Gasteiger partial charge in [0.1, 0.15) is 11.8 Å². The highest BCUT2D eigenvalue weighted by Crippen LogP contribution is 2.38. The maximum atomic E-state index is 13.6. The Kier molecular flexibility index (Phi) is 7.40. The Morgan fingerprint density at radius 2 is 1.53 bits per heavy atom. The van der Waals surface area contributed by atoms with E-state index in [2.05, 4.69) is 10.1 Å². The van der Waals surface area contributed by atoms with E-state index in [0.717, 1.165) is 24.8 Å². The number of hydrogen-bond donors (Lipinski definition) is 2. The Hall–Kier alpha value is -2.47. The number of hydrogen-bond acceptors (Lipinski definition) is 4. The smallest absolute Gasteiger partial charge is 0.420 e. The van der Waals surface area contributed by atoms with Crippen LogP contribution >= 0.6 is 0 Å². The molecule has 1 atom stereocenters. The summed E-state index contributed by atoms with van der Waals surface area (Å²) in [5.41, 5.74) is -0.176. The number of nitrogens with one attached hydrogen (secondary N) is 2. The summed E-state index contributed by atoms with van der Waals surface area (Å²) in [6, 6.07) is 3.11. The predicted molar refractivity (Wildman–Crippen MR) is 107 cm³/mol. The van der Waals surface area contributed by atoms with Crippen molar-refractivity contribution in [3.05, 3.63) is 52.6 Å². The van der Waals surface area contributed by atoms with Crippen molar-refractivity contribution in [3.63, 3.8) is 0 Å². The van der Waals surface area contributed by atoms with Gasteiger partial charge in [0.25, 0.3) is 0 Å². The first-order valence-corrected chi connectivity index (χ1v) is 10.7. The Morgan fingerprint density at radius 3 is 2.00 bits per heavy atom. The molecule has 2 rings (SSSR count). The van der Waals surface area contributed by atoms with Crippen LogP contribution in [0.25, 0.3) is 0 Å². The molecule has 0 radical (unpaired) electrons. The molecule has 0 amide bonds. The SMILES string of the molecule is COc1ccc(NCC(NS(=O)(=O)c2c(C)cc(C)cc2C)C(F)(F)F)cc1C(F)(F)F. The fraction of sp³-hybridized carbons (Fsp3) is 0.400. The molecule has 0 fully saturated rings. The molecule has 32 heavy (non-hydrogen) atoms. The van der Waals surface area contributed by atoms with Gasteiger partial charge in [-0.15, -0.1) is 0 Å². The Morgan fingerprint density at radius 1 is 0.969 bits per heavy atom. The van der Waals surface area contributed by atoms with Crippen molar-refractivity contribution in [2.24, 2.45) is 0 Å². The molecule has 0 saturated carbocycles. The van der Waals surface area contributed by atoms with Crippen LogP contribution in [0.4, 0.5) is 32.0 Å². The largest absolute Gasteiger partial charge is 0.496 e. The maximum absolute atomic E-state index is 13.6. The molecule has 0 aliphatic heterocycles. The average molecular weight is 484 g/mol. The molecule has 2 aromatic rings. The van der Waals surface area contributed by atoms with Crippen molar-refractivity contribution in [3.8, 4) is 5.75 Å². The second kappa shape index (κ2) is 9.18. The van der Waals surface area contributed by atoms with Crippen molar-refractivity contribution >= 4 is 15.7 Å². The summed E-state index contributed by atoms with van der Waals surface area (Å²) in [5.74, 6) is -0.499. The first-order chi connectivity index (χ1) is 14.6. The second-order valence-corrected chi connectivity index (χ2v) is 8.89. The highest BCUT2D eigenvalue weighted by Gasteiger charge is 2.43. The molecule has 2 N–H and O–H groups in total. The molecule has 0 aromatic heterocycles. The van der Waals surface area contributed by atoms with E-state index >= 15 is 0 Å². The summed E-state index contributed by atoms with van der Waals surface area (Å²) in [7, 11) is -3.55. The number of anilines is 1. The van der Waals surface area contributed by atoms with E-state index in [-0.39, 0.29) is 21.7 Å². The van der Waals surface area contributed by atoms with Crippen molar-refractivity contribution < 1.29 is 39.5 Å². The molecule has 0 spiro atoms. The Bertz CT molecular complexity index is 1060. The summed E-state index contributed by atoms with van der Waals surface area (Å²) in [4.78, 5) is -0.277. The molecule has 0 saturated heterocycles. The third-order valence-corrected chi connectivity index (χ3v) is 6.36. The molecule has 0 aliphatic rings. The summed E-state index contributed by atoms with van der Waals surface area (Å²) < 4.78 is 112. The Balaban J connectivity index is 2.32. The van der Waals surface area contributed by atoms with Crippen LogP contribution in [0.3, 0.4) is 0 Å². The van der Waals surface area contributed by atoms with Crippen LogP contribution in [-0.4, -0.2) is 34.3 Å². The zero-order chi connectivity index (χ0) is 24.5. The third-order valence-electron chi connectivity index (χ3n) is 4.58. The van der Waals surface area contributed by atoms with Crippen LogP contribution in [0.1, 0.15) is 22.3 Å². The van der Waals surface area contributed by atoms with Gasteiger partial charge in [0, 0.05) is 12.2 Å². The molecule has 0 bridgehead atoms. The van der Waals surface area contributed by atoms with Crippen molar-refractivity contribution in [1.29, 1.82) is 0 Å². The van der Waals surface area contributed by atoms with E-state index in [0.29, 0.717) is 6.07 Å². The van der Waals surface area contributed by atoms with Crippen LogP contribution < -0.4 is 14.8 Å². The van der Waals surface area contributed by atoms with Gasteiger partial charge in [-0.2, -0.15) is 31.1 Å². The third kappa shape index (κ3) is 6.06. The summed E-state index contributed by atoms with van der Waals surface area (Å²) in [5, 5.41) is 2.22. The van der Waals surface area contributed by atoms with E-state index in [1.54, 1.807) is 11.6 Å². The van der Waals surface area contributed by atoms with Crippen molar-refractivity contribution in [1.82, 2.24) is 4.72 Å². The highest BCUT2D eigenvalue weighted by atomic mass is 32.2. The standard InChI is InChI=1S/C20H22F6N2O3S/c1-11-7-12(2)18(13(3)8-11)32(29,30)28-17(20(24,25)26)10-27-14-5-6-16(31-4)15(9-14)19(21,22)23/h5-9,17,27-28H,10H2,1-4H3. The number of aryl methyl sites for hydroxylation is 3. The first-order valence-electron chi connectivity index (χ1n) is 9.22. The monoisotopic (exact) mass is 484 g/mol. The number of methoxy groups -OCH3 is 1. The molecule has 12 heteroatoms. The molecule has 0 heterocycles. The summed E-state index contributed by atoms with van der Waals surface area (Å²) in [6.07, 6.45) is -9.81. The minimum atomic E-state index is -5.01. The van der Waals surface area contributed by atoms with Crippen LogP contribution in [-0.2, 0) is 16.2 Å². The van der Waals surface area contributed by atoms with Crippen molar-refractivity contribution in [2.45, 2.75) is 44.1 Å². The van der Waals surface area contributed by atoms with Crippen LogP contribution in [0.5, 0.6) is 5.75 Å². The van der Waals surface area contributed by atoms with E-state index in [1.807, 2.05) is 0 Å². The lowest BCUT2D eigenvalue weighted by molar-refractivity contribution is -0.148. The normalized spacial score (nSPS) is 13.7. The number of alkyl halides is 6. The van der Waals surface area contributed by atoms with E-state index < -0.39 is 46.3 Å². The topological polar surface area (TPSA) is 67.4 Å². The lowest BCUT2D eigenvalue weighted by Crippen LogP contribution is -2.49. The molecule has 5 nitrogen and oxygen atoms in total. The fourth-order valence-electron chi connectivity index (χ4n) is 3.32. The lowest BCUT2D eigenvalue weighted by atomic mass is 10.1. The van der Waals surface area contributed by atoms with Gasteiger partial charge in [0.15, 0.2) is 0 Å². The van der Waals surface area contributed by atoms with Gasteiger partial charge >= 0.3 is 12.4 Å². The number of ether oxygens (including phenoxy) is 1. The number of benzene rings is 2. The lowest BCUT2D eigenvalue weighted by Gasteiger charge is -2.24. The van der Waals surface area contributed by atoms with Gasteiger partial charge in [0.2, 0.25) is 10.0 Å². The van der Waals surface area contributed by atoms with E-state index in [1.165, 1.54) is 26.0 Å². The quantitative estimate of drug-likeness (QED) is 0.546. The minimum Gasteiger partial charge on any atom is -0.496 e. The molecule has 1 unspecified atom stereocenters.